The van der Waals surface area contributed by atoms with Gasteiger partial charge in [0.2, 0.25) is 0 Å². The summed E-state index contributed by atoms with van der Waals surface area (Å²) in [6.07, 6.45) is 26.1. The van der Waals surface area contributed by atoms with Gasteiger partial charge in [-0.1, -0.05) is 64.2 Å². The second-order valence-electron chi connectivity index (χ2n) is 12.6. The largest absolute Gasteiger partial charge is 0.316 e. The fourth-order valence-corrected chi connectivity index (χ4v) is 8.52. The first-order chi connectivity index (χ1) is 15.4. The third-order valence-electron chi connectivity index (χ3n) is 11.0. The molecule has 0 spiro atoms. The molecular weight excluding hydrogens is 376 g/mol. The van der Waals surface area contributed by atoms with Crippen molar-refractivity contribution in [2.75, 3.05) is 26.2 Å². The first kappa shape index (κ1) is 22.7. The minimum Gasteiger partial charge on any atom is -0.316 e. The molecule has 6 aliphatic carbocycles. The molecule has 8 rings (SSSR count). The Kier molecular flexibility index (Phi) is 8.32. The lowest BCUT2D eigenvalue weighted by molar-refractivity contribution is 0.130. The normalized spacial score (nSPS) is 45.7. The molecule has 6 unspecified atom stereocenters. The molecule has 2 saturated heterocycles. The molecule has 6 saturated carbocycles. The van der Waals surface area contributed by atoms with Gasteiger partial charge in [0, 0.05) is 0 Å². The Balaban J connectivity index is 0.0000000879. The summed E-state index contributed by atoms with van der Waals surface area (Å²) in [6.45, 7) is 5.21. The molecule has 0 amide bonds. The molecular formula is C29H52N2. The molecule has 31 heavy (non-hydrogen) atoms. The van der Waals surface area contributed by atoms with E-state index in [0.29, 0.717) is 0 Å². The van der Waals surface area contributed by atoms with Crippen molar-refractivity contribution in [2.24, 2.45) is 47.3 Å². The number of hydrogen-bond acceptors (Lipinski definition) is 2. The number of rotatable bonds is 0. The topological polar surface area (TPSA) is 24.1 Å². The van der Waals surface area contributed by atoms with Crippen LogP contribution in [0.15, 0.2) is 0 Å². The minimum absolute atomic E-state index is 1.06. The number of hydrogen-bond donors (Lipinski definition) is 2. The van der Waals surface area contributed by atoms with Gasteiger partial charge in [-0.15, -0.1) is 0 Å². The maximum atomic E-state index is 3.42. The Labute approximate surface area is 193 Å². The van der Waals surface area contributed by atoms with Crippen molar-refractivity contribution < 1.29 is 0 Å². The fraction of sp³-hybridized carbons (Fsp3) is 1.00. The average molecular weight is 429 g/mol. The van der Waals surface area contributed by atoms with Crippen LogP contribution >= 0.6 is 0 Å². The van der Waals surface area contributed by atoms with E-state index in [4.69, 9.17) is 0 Å². The summed E-state index contributed by atoms with van der Waals surface area (Å²) >= 11 is 0. The predicted octanol–water partition coefficient (Wildman–Crippen LogP) is 6.79. The van der Waals surface area contributed by atoms with Crippen LogP contribution in [0.4, 0.5) is 0 Å². The van der Waals surface area contributed by atoms with Crippen molar-refractivity contribution in [3.8, 4) is 0 Å². The van der Waals surface area contributed by atoms with E-state index in [1.54, 1.807) is 51.4 Å². The minimum atomic E-state index is 1.06. The summed E-state index contributed by atoms with van der Waals surface area (Å²) in [7, 11) is 0. The number of fused-ring (bicyclic) bond motifs is 4. The molecule has 0 radical (unpaired) electrons. The van der Waals surface area contributed by atoms with E-state index in [9.17, 15) is 0 Å². The Morgan fingerprint density at radius 3 is 0.968 bits per heavy atom. The van der Waals surface area contributed by atoms with Gasteiger partial charge in [0.05, 0.1) is 0 Å². The van der Waals surface area contributed by atoms with Gasteiger partial charge in [-0.2, -0.15) is 0 Å². The van der Waals surface area contributed by atoms with Gasteiger partial charge in [0.25, 0.3) is 0 Å². The summed E-state index contributed by atoms with van der Waals surface area (Å²) in [5, 5.41) is 6.84. The highest BCUT2D eigenvalue weighted by atomic mass is 14.9. The van der Waals surface area contributed by atoms with Gasteiger partial charge in [0.1, 0.15) is 0 Å². The predicted molar refractivity (Wildman–Crippen MR) is 132 cm³/mol. The third-order valence-corrected chi connectivity index (χ3v) is 11.0. The smallest absolute Gasteiger partial charge is 0.00173 e. The molecule has 178 valence electrons. The average Bonchev–Trinajstić information content (AvgIpc) is 3.51. The molecule has 2 aliphatic heterocycles. The lowest BCUT2D eigenvalue weighted by Gasteiger charge is -2.40. The van der Waals surface area contributed by atoms with E-state index in [1.807, 2.05) is 0 Å². The van der Waals surface area contributed by atoms with Crippen LogP contribution in [0.3, 0.4) is 0 Å². The maximum absolute atomic E-state index is 3.42. The van der Waals surface area contributed by atoms with Gasteiger partial charge in [-0.25, -0.2) is 0 Å². The second kappa shape index (κ2) is 11.4. The molecule has 2 N–H and O–H groups in total. The van der Waals surface area contributed by atoms with Gasteiger partial charge in [0.15, 0.2) is 0 Å². The highest BCUT2D eigenvalue weighted by Crippen LogP contribution is 2.46. The highest BCUT2D eigenvalue weighted by Gasteiger charge is 2.34. The molecule has 6 atom stereocenters. The molecule has 2 heterocycles. The molecule has 0 aromatic heterocycles. The Morgan fingerprint density at radius 2 is 0.613 bits per heavy atom. The summed E-state index contributed by atoms with van der Waals surface area (Å²) in [5.41, 5.74) is 0. The van der Waals surface area contributed by atoms with Crippen LogP contribution in [0.25, 0.3) is 0 Å². The number of piperidine rings is 1. The second-order valence-corrected chi connectivity index (χ2v) is 12.6. The Morgan fingerprint density at radius 1 is 0.290 bits per heavy atom. The van der Waals surface area contributed by atoms with Crippen molar-refractivity contribution in [3.05, 3.63) is 0 Å². The van der Waals surface area contributed by atoms with E-state index >= 15 is 0 Å². The molecule has 8 aliphatic rings. The summed E-state index contributed by atoms with van der Waals surface area (Å²) in [4.78, 5) is 0. The van der Waals surface area contributed by atoms with E-state index in [-0.39, 0.29) is 0 Å². The van der Waals surface area contributed by atoms with Gasteiger partial charge < -0.3 is 10.6 Å². The Hall–Kier alpha value is -0.0800. The zero-order valence-corrected chi connectivity index (χ0v) is 20.5. The first-order valence-electron chi connectivity index (χ1n) is 14.8. The number of nitrogens with one attached hydrogen (secondary N) is 2. The molecule has 0 bridgehead atoms. The first-order valence-corrected chi connectivity index (χ1v) is 14.8. The summed E-state index contributed by atoms with van der Waals surface area (Å²) in [6, 6.07) is 0. The Bertz CT molecular complexity index is 447. The lowest BCUT2D eigenvalue weighted by Crippen LogP contribution is -2.42. The van der Waals surface area contributed by atoms with Gasteiger partial charge in [-0.3, -0.25) is 0 Å². The highest BCUT2D eigenvalue weighted by molar-refractivity contribution is 4.87. The van der Waals surface area contributed by atoms with Crippen LogP contribution in [0, 0.1) is 47.3 Å². The molecule has 2 nitrogen and oxygen atoms in total. The van der Waals surface area contributed by atoms with Crippen molar-refractivity contribution in [2.45, 2.75) is 109 Å². The van der Waals surface area contributed by atoms with E-state index in [2.05, 4.69) is 10.6 Å². The van der Waals surface area contributed by atoms with Crippen molar-refractivity contribution >= 4 is 0 Å². The standard InChI is InChI=1S/C8H14.2C7H13N.C7H12/c1-3-7-5-2-6-8(7)4-1;1-2-7-5-8-4-3-6(1)7;1-2-6-4-8-5-7(6)3-1;1-2-6-4-5-7(6)3-1/h7-8H,1-6H2;2*6-8H,1-5H2;6-7H,1-5H2. The van der Waals surface area contributed by atoms with E-state index in [0.717, 1.165) is 23.7 Å². The van der Waals surface area contributed by atoms with Crippen LogP contribution in [0.5, 0.6) is 0 Å². The maximum Gasteiger partial charge on any atom is -0.00173 e. The molecule has 2 heteroatoms. The van der Waals surface area contributed by atoms with Crippen LogP contribution in [0.1, 0.15) is 109 Å². The van der Waals surface area contributed by atoms with Crippen molar-refractivity contribution in [1.29, 1.82) is 0 Å². The van der Waals surface area contributed by atoms with E-state index in [1.165, 1.54) is 108 Å². The molecule has 8 fully saturated rings. The van der Waals surface area contributed by atoms with Gasteiger partial charge >= 0.3 is 0 Å². The van der Waals surface area contributed by atoms with E-state index < -0.39 is 0 Å². The van der Waals surface area contributed by atoms with Crippen molar-refractivity contribution in [3.63, 3.8) is 0 Å². The quantitative estimate of drug-likeness (QED) is 0.443. The van der Waals surface area contributed by atoms with Crippen molar-refractivity contribution in [1.82, 2.24) is 10.6 Å². The lowest BCUT2D eigenvalue weighted by atomic mass is 9.70. The molecule has 0 aromatic carbocycles. The SMILES string of the molecule is C1CC2CCC2C1.C1CC2CCC2CN1.C1CC2CCCC2C1.C1CC2CNCC2C1. The zero-order valence-electron chi connectivity index (χ0n) is 20.5. The summed E-state index contributed by atoms with van der Waals surface area (Å²) < 4.78 is 0. The summed E-state index contributed by atoms with van der Waals surface area (Å²) in [5.74, 6) is 9.06. The molecule has 0 aromatic rings. The van der Waals surface area contributed by atoms with Crippen LogP contribution in [-0.4, -0.2) is 26.2 Å². The van der Waals surface area contributed by atoms with Crippen LogP contribution in [-0.2, 0) is 0 Å². The van der Waals surface area contributed by atoms with Crippen LogP contribution in [0.2, 0.25) is 0 Å². The van der Waals surface area contributed by atoms with Crippen LogP contribution < -0.4 is 10.6 Å². The zero-order chi connectivity index (χ0) is 20.9. The fourth-order valence-electron chi connectivity index (χ4n) is 8.52. The monoisotopic (exact) mass is 428 g/mol. The van der Waals surface area contributed by atoms with Gasteiger partial charge in [-0.05, 0) is 118 Å². The third kappa shape index (κ3) is 5.89.